The first-order valence-corrected chi connectivity index (χ1v) is 12.0. The molecule has 1 saturated heterocycles. The summed E-state index contributed by atoms with van der Waals surface area (Å²) in [6.07, 6.45) is 5.63. The van der Waals surface area contributed by atoms with Gasteiger partial charge in [-0.15, -0.1) is 0 Å². The van der Waals surface area contributed by atoms with Crippen molar-refractivity contribution in [2.24, 2.45) is 0 Å². The molecular formula is C21H27NO5S. The molecule has 0 bridgehead atoms. The van der Waals surface area contributed by atoms with Gasteiger partial charge in [0.1, 0.15) is 17.1 Å². The molecule has 6 nitrogen and oxygen atoms in total. The number of benzene rings is 1. The van der Waals surface area contributed by atoms with Crippen molar-refractivity contribution in [2.45, 2.75) is 51.5 Å². The summed E-state index contributed by atoms with van der Waals surface area (Å²) in [7, 11) is -3.03. The van der Waals surface area contributed by atoms with Crippen LogP contribution in [0.2, 0.25) is 0 Å². The van der Waals surface area contributed by atoms with Gasteiger partial charge < -0.3 is 14.1 Å². The molecule has 28 heavy (non-hydrogen) atoms. The average molecular weight is 406 g/mol. The monoisotopic (exact) mass is 405 g/mol. The molecule has 0 N–H and O–H groups in total. The minimum absolute atomic E-state index is 0.0614. The fourth-order valence-corrected chi connectivity index (χ4v) is 6.06. The number of hydrogen-bond donors (Lipinski definition) is 0. The van der Waals surface area contributed by atoms with Gasteiger partial charge in [0, 0.05) is 30.0 Å². The summed E-state index contributed by atoms with van der Waals surface area (Å²) in [6.45, 7) is 2.46. The van der Waals surface area contributed by atoms with Gasteiger partial charge in [-0.05, 0) is 50.3 Å². The SMILES string of the molecule is CCCN(C(=O)COc1ccc2oc3c(c2c1)CCCC3)[C@H]1CCS(=O)(=O)C1. The molecule has 152 valence electrons. The van der Waals surface area contributed by atoms with E-state index >= 15 is 0 Å². The number of rotatable bonds is 6. The summed E-state index contributed by atoms with van der Waals surface area (Å²) < 4.78 is 35.3. The summed E-state index contributed by atoms with van der Waals surface area (Å²) >= 11 is 0. The van der Waals surface area contributed by atoms with Crippen LogP contribution in [0.4, 0.5) is 0 Å². The molecule has 2 aliphatic rings. The van der Waals surface area contributed by atoms with E-state index < -0.39 is 9.84 Å². The highest BCUT2D eigenvalue weighted by Crippen LogP contribution is 2.34. The van der Waals surface area contributed by atoms with Crippen LogP contribution in [0.1, 0.15) is 43.9 Å². The minimum Gasteiger partial charge on any atom is -0.484 e. The van der Waals surface area contributed by atoms with Crippen molar-refractivity contribution >= 4 is 26.7 Å². The Bertz CT molecular complexity index is 978. The van der Waals surface area contributed by atoms with E-state index in [1.165, 1.54) is 12.0 Å². The molecule has 1 atom stereocenters. The number of sulfone groups is 1. The van der Waals surface area contributed by atoms with Gasteiger partial charge in [-0.25, -0.2) is 8.42 Å². The Morgan fingerprint density at radius 3 is 2.86 bits per heavy atom. The maximum Gasteiger partial charge on any atom is 0.260 e. The van der Waals surface area contributed by atoms with Crippen molar-refractivity contribution in [1.82, 2.24) is 4.90 Å². The van der Waals surface area contributed by atoms with Gasteiger partial charge in [-0.3, -0.25) is 4.79 Å². The Kier molecular flexibility index (Phi) is 5.36. The van der Waals surface area contributed by atoms with Gasteiger partial charge in [0.2, 0.25) is 0 Å². The molecule has 0 saturated carbocycles. The summed E-state index contributed by atoms with van der Waals surface area (Å²) in [5.74, 6) is 1.79. The Balaban J connectivity index is 1.46. The molecule has 2 aromatic rings. The number of amides is 1. The quantitative estimate of drug-likeness (QED) is 0.738. The van der Waals surface area contributed by atoms with Crippen LogP contribution in [-0.2, 0) is 27.5 Å². The normalized spacial score (nSPS) is 20.8. The number of nitrogens with zero attached hydrogens (tertiary/aromatic N) is 1. The summed E-state index contributed by atoms with van der Waals surface area (Å²) in [4.78, 5) is 14.4. The Hall–Kier alpha value is -2.02. The lowest BCUT2D eigenvalue weighted by atomic mass is 9.96. The van der Waals surface area contributed by atoms with Crippen LogP contribution in [0.3, 0.4) is 0 Å². The first-order chi connectivity index (χ1) is 13.5. The van der Waals surface area contributed by atoms with Crippen molar-refractivity contribution in [1.29, 1.82) is 0 Å². The van der Waals surface area contributed by atoms with Crippen molar-refractivity contribution in [3.8, 4) is 5.75 Å². The smallest absolute Gasteiger partial charge is 0.260 e. The van der Waals surface area contributed by atoms with Crippen molar-refractivity contribution < 1.29 is 22.4 Å². The third-order valence-corrected chi connectivity index (χ3v) is 7.47. The average Bonchev–Trinajstić information content (AvgIpc) is 3.23. The highest BCUT2D eigenvalue weighted by Gasteiger charge is 2.34. The van der Waals surface area contributed by atoms with Gasteiger partial charge in [0.15, 0.2) is 16.4 Å². The van der Waals surface area contributed by atoms with E-state index in [0.717, 1.165) is 42.4 Å². The van der Waals surface area contributed by atoms with Gasteiger partial charge in [0.25, 0.3) is 5.91 Å². The molecule has 1 amide bonds. The van der Waals surface area contributed by atoms with Gasteiger partial charge in [-0.2, -0.15) is 0 Å². The summed E-state index contributed by atoms with van der Waals surface area (Å²) in [6, 6.07) is 5.46. The van der Waals surface area contributed by atoms with E-state index in [0.29, 0.717) is 18.7 Å². The number of fused-ring (bicyclic) bond motifs is 3. The summed E-state index contributed by atoms with van der Waals surface area (Å²) in [5.41, 5.74) is 2.14. The van der Waals surface area contributed by atoms with E-state index in [1.807, 2.05) is 25.1 Å². The first kappa shape index (κ1) is 19.3. The van der Waals surface area contributed by atoms with Gasteiger partial charge in [0.05, 0.1) is 11.5 Å². The summed E-state index contributed by atoms with van der Waals surface area (Å²) in [5, 5.41) is 1.08. The number of furan rings is 1. The number of carbonyl (C=O) groups is 1. The van der Waals surface area contributed by atoms with Gasteiger partial charge >= 0.3 is 0 Å². The number of carbonyl (C=O) groups excluding carboxylic acids is 1. The maximum atomic E-state index is 12.7. The van der Waals surface area contributed by atoms with E-state index in [2.05, 4.69) is 0 Å². The molecule has 1 aromatic heterocycles. The molecule has 0 unspecified atom stereocenters. The van der Waals surface area contributed by atoms with Crippen molar-refractivity contribution in [2.75, 3.05) is 24.7 Å². The molecule has 2 heterocycles. The standard InChI is InChI=1S/C21H27NO5S/c1-2-10-22(15-9-11-28(24,25)14-15)21(23)13-26-16-7-8-20-18(12-16)17-5-3-4-6-19(17)27-20/h7-8,12,15H,2-6,9-11,13-14H2,1H3/t15-/m0/s1. The van der Waals surface area contributed by atoms with Crippen LogP contribution in [0.5, 0.6) is 5.75 Å². The third-order valence-electron chi connectivity index (χ3n) is 5.72. The molecular weight excluding hydrogens is 378 g/mol. The fraction of sp³-hybridized carbons (Fsp3) is 0.571. The number of hydrogen-bond acceptors (Lipinski definition) is 5. The number of ether oxygens (including phenoxy) is 1. The highest BCUT2D eigenvalue weighted by molar-refractivity contribution is 7.91. The molecule has 0 radical (unpaired) electrons. The topological polar surface area (TPSA) is 76.8 Å². The van der Waals surface area contributed by atoms with E-state index in [-0.39, 0.29) is 30.1 Å². The van der Waals surface area contributed by atoms with Crippen LogP contribution in [0, 0.1) is 0 Å². The van der Waals surface area contributed by atoms with Crippen molar-refractivity contribution in [3.63, 3.8) is 0 Å². The second-order valence-electron chi connectivity index (χ2n) is 7.80. The molecule has 4 rings (SSSR count). The lowest BCUT2D eigenvalue weighted by Gasteiger charge is -2.27. The molecule has 0 spiro atoms. The maximum absolute atomic E-state index is 12.7. The van der Waals surface area contributed by atoms with Crippen LogP contribution in [0.25, 0.3) is 11.0 Å². The lowest BCUT2D eigenvalue weighted by Crippen LogP contribution is -2.44. The van der Waals surface area contributed by atoms with Crippen molar-refractivity contribution in [3.05, 3.63) is 29.5 Å². The molecule has 1 aliphatic heterocycles. The molecule has 7 heteroatoms. The van der Waals surface area contributed by atoms with E-state index in [9.17, 15) is 13.2 Å². The second-order valence-corrected chi connectivity index (χ2v) is 10.0. The van der Waals surface area contributed by atoms with E-state index in [1.54, 1.807) is 4.90 Å². The van der Waals surface area contributed by atoms with Gasteiger partial charge in [-0.1, -0.05) is 6.92 Å². The second kappa shape index (κ2) is 7.78. The van der Waals surface area contributed by atoms with Crippen LogP contribution in [-0.4, -0.2) is 49.9 Å². The predicted octanol–water partition coefficient (Wildman–Crippen LogP) is 3.12. The lowest BCUT2D eigenvalue weighted by molar-refractivity contribution is -0.135. The van der Waals surface area contributed by atoms with E-state index in [4.69, 9.17) is 9.15 Å². The first-order valence-electron chi connectivity index (χ1n) is 10.1. The predicted molar refractivity (Wildman–Crippen MR) is 107 cm³/mol. The molecule has 1 aromatic carbocycles. The number of aryl methyl sites for hydroxylation is 2. The molecule has 1 fully saturated rings. The third kappa shape index (κ3) is 3.90. The minimum atomic E-state index is -3.03. The largest absolute Gasteiger partial charge is 0.484 e. The Morgan fingerprint density at radius 1 is 1.29 bits per heavy atom. The molecule has 1 aliphatic carbocycles. The zero-order chi connectivity index (χ0) is 19.7. The fourth-order valence-electron chi connectivity index (χ4n) is 4.33. The van der Waals surface area contributed by atoms with Crippen LogP contribution < -0.4 is 4.74 Å². The van der Waals surface area contributed by atoms with Crippen LogP contribution >= 0.6 is 0 Å². The highest BCUT2D eigenvalue weighted by atomic mass is 32.2. The van der Waals surface area contributed by atoms with Crippen LogP contribution in [0.15, 0.2) is 22.6 Å². The Labute approximate surface area is 165 Å². The zero-order valence-electron chi connectivity index (χ0n) is 16.3. The zero-order valence-corrected chi connectivity index (χ0v) is 17.1. The Morgan fingerprint density at radius 2 is 2.11 bits per heavy atom.